The van der Waals surface area contributed by atoms with Crippen molar-refractivity contribution in [2.75, 3.05) is 10.8 Å². The first kappa shape index (κ1) is 30.3. The molecule has 0 aromatic heterocycles. The summed E-state index contributed by atoms with van der Waals surface area (Å²) in [5, 5.41) is 2.79. The molecule has 8 nitrogen and oxygen atoms in total. The zero-order valence-corrected chi connectivity index (χ0v) is 23.5. The van der Waals surface area contributed by atoms with Gasteiger partial charge in [0.25, 0.3) is 10.0 Å². The third kappa shape index (κ3) is 7.87. The van der Waals surface area contributed by atoms with Crippen LogP contribution in [0.4, 0.5) is 18.9 Å². The molecule has 0 spiro atoms. The average molecular weight is 571 g/mol. The van der Waals surface area contributed by atoms with Gasteiger partial charge in [-0.05, 0) is 70.5 Å². The van der Waals surface area contributed by atoms with Gasteiger partial charge in [0.15, 0.2) is 0 Å². The molecule has 0 bridgehead atoms. The molecule has 1 N–H and O–H groups in total. The first-order valence-corrected chi connectivity index (χ1v) is 13.7. The number of hydrogen-bond acceptors (Lipinski definition) is 6. The number of carbonyl (C=O) groups excluding carboxylic acids is 2. The van der Waals surface area contributed by atoms with E-state index in [0.29, 0.717) is 11.6 Å². The lowest BCUT2D eigenvalue weighted by Gasteiger charge is -2.39. The molecule has 1 heterocycles. The number of hydrogen-bond donors (Lipinski definition) is 1. The van der Waals surface area contributed by atoms with E-state index in [-0.39, 0.29) is 36.7 Å². The van der Waals surface area contributed by atoms with Crippen molar-refractivity contribution in [3.05, 3.63) is 53.6 Å². The fraction of sp³-hybridized carbons (Fsp3) is 0.481. The van der Waals surface area contributed by atoms with E-state index in [1.165, 1.54) is 19.1 Å². The highest BCUT2D eigenvalue weighted by Crippen LogP contribution is 2.40. The van der Waals surface area contributed by atoms with E-state index < -0.39 is 49.9 Å². The molecule has 39 heavy (non-hydrogen) atoms. The second-order valence-electron chi connectivity index (χ2n) is 11.1. The number of fused-ring (bicyclic) bond motifs is 1. The number of amides is 1. The molecule has 0 radical (unpaired) electrons. The smallest absolute Gasteiger partial charge is 0.416 e. The third-order valence-corrected chi connectivity index (χ3v) is 7.50. The molecule has 0 unspecified atom stereocenters. The van der Waals surface area contributed by atoms with Crippen molar-refractivity contribution in [2.45, 2.75) is 82.7 Å². The molecule has 2 aromatic carbocycles. The minimum atomic E-state index is -4.74. The van der Waals surface area contributed by atoms with Crippen molar-refractivity contribution in [1.82, 2.24) is 5.32 Å². The van der Waals surface area contributed by atoms with Gasteiger partial charge >= 0.3 is 12.1 Å². The summed E-state index contributed by atoms with van der Waals surface area (Å²) in [5.41, 5.74) is -2.06. The third-order valence-electron chi connectivity index (χ3n) is 5.73. The topological polar surface area (TPSA) is 102 Å². The van der Waals surface area contributed by atoms with Gasteiger partial charge in [-0.2, -0.15) is 13.2 Å². The first-order chi connectivity index (χ1) is 17.8. The van der Waals surface area contributed by atoms with Gasteiger partial charge in [0, 0.05) is 18.9 Å². The number of ether oxygens (including phenoxy) is 2. The highest BCUT2D eigenvalue weighted by molar-refractivity contribution is 7.92. The van der Waals surface area contributed by atoms with Crippen molar-refractivity contribution >= 4 is 27.6 Å². The number of anilines is 1. The average Bonchev–Trinajstić information content (AvgIpc) is 2.75. The number of sulfonamides is 1. The van der Waals surface area contributed by atoms with Crippen molar-refractivity contribution in [3.63, 3.8) is 0 Å². The summed E-state index contributed by atoms with van der Waals surface area (Å²) in [6, 6.07) is 8.09. The number of halogens is 3. The Morgan fingerprint density at radius 1 is 1.08 bits per heavy atom. The zero-order valence-electron chi connectivity index (χ0n) is 22.7. The van der Waals surface area contributed by atoms with Gasteiger partial charge in [-0.25, -0.2) is 8.42 Å². The van der Waals surface area contributed by atoms with E-state index in [1.54, 1.807) is 40.7 Å². The Bertz CT molecular complexity index is 1350. The summed E-state index contributed by atoms with van der Waals surface area (Å²) in [7, 11) is -4.49. The van der Waals surface area contributed by atoms with Gasteiger partial charge in [-0.1, -0.05) is 12.1 Å². The number of esters is 1. The predicted molar refractivity (Wildman–Crippen MR) is 139 cm³/mol. The molecule has 1 amide bonds. The molecular formula is C27H33F3N2O6S. The summed E-state index contributed by atoms with van der Waals surface area (Å²) in [6.07, 6.45) is -5.42. The maximum atomic E-state index is 13.8. The second-order valence-corrected chi connectivity index (χ2v) is 13.0. The van der Waals surface area contributed by atoms with E-state index in [1.807, 2.05) is 0 Å². The van der Waals surface area contributed by atoms with Crippen LogP contribution in [0.15, 0.2) is 47.4 Å². The largest absolute Gasteiger partial charge is 0.486 e. The fourth-order valence-electron chi connectivity index (χ4n) is 4.40. The van der Waals surface area contributed by atoms with Gasteiger partial charge < -0.3 is 14.8 Å². The summed E-state index contributed by atoms with van der Waals surface area (Å²) in [5.74, 6) is -0.633. The number of nitrogens with one attached hydrogen (secondary N) is 1. The summed E-state index contributed by atoms with van der Waals surface area (Å²) in [4.78, 5) is 23.5. The van der Waals surface area contributed by atoms with E-state index in [0.717, 1.165) is 22.5 Å². The van der Waals surface area contributed by atoms with Crippen LogP contribution in [0.2, 0.25) is 0 Å². The van der Waals surface area contributed by atoms with Crippen LogP contribution in [0.3, 0.4) is 0 Å². The minimum absolute atomic E-state index is 0.0852. The van der Waals surface area contributed by atoms with Gasteiger partial charge in [0.2, 0.25) is 5.91 Å². The number of carbonyl (C=O) groups is 2. The van der Waals surface area contributed by atoms with Crippen molar-refractivity contribution in [1.29, 1.82) is 0 Å². The molecule has 214 valence electrons. The molecule has 12 heteroatoms. The number of rotatable bonds is 7. The van der Waals surface area contributed by atoms with E-state index in [2.05, 4.69) is 5.32 Å². The molecular weight excluding hydrogens is 537 g/mol. The first-order valence-electron chi connectivity index (χ1n) is 12.3. The summed E-state index contributed by atoms with van der Waals surface area (Å²) >= 11 is 0. The summed E-state index contributed by atoms with van der Waals surface area (Å²) < 4.78 is 80.1. The Labute approximate surface area is 226 Å². The maximum absolute atomic E-state index is 13.8. The van der Waals surface area contributed by atoms with Gasteiger partial charge in [-0.3, -0.25) is 13.9 Å². The van der Waals surface area contributed by atoms with E-state index in [9.17, 15) is 31.2 Å². The van der Waals surface area contributed by atoms with E-state index >= 15 is 0 Å². The SMILES string of the molecule is CC(=O)NC(C)(C)C[C@H]1CN(S(=O)(=O)c2cccc(C(F)(F)F)c2)c2cc(CC(=O)OC(C)(C)C)ccc2O1. The van der Waals surface area contributed by atoms with Crippen molar-refractivity contribution < 1.29 is 40.7 Å². The van der Waals surface area contributed by atoms with Crippen molar-refractivity contribution in [2.24, 2.45) is 0 Å². The Balaban J connectivity index is 2.05. The molecule has 2 aromatic rings. The van der Waals surface area contributed by atoms with Crippen molar-refractivity contribution in [3.8, 4) is 5.75 Å². The van der Waals surface area contributed by atoms with Crippen LogP contribution < -0.4 is 14.4 Å². The van der Waals surface area contributed by atoms with E-state index in [4.69, 9.17) is 9.47 Å². The van der Waals surface area contributed by atoms with Crippen LogP contribution in [-0.4, -0.2) is 44.1 Å². The molecule has 0 saturated carbocycles. The van der Waals surface area contributed by atoms with Crippen LogP contribution in [0.5, 0.6) is 5.75 Å². The summed E-state index contributed by atoms with van der Waals surface area (Å²) in [6.45, 7) is 9.79. The molecule has 0 aliphatic carbocycles. The molecule has 0 fully saturated rings. The highest BCUT2D eigenvalue weighted by atomic mass is 32.2. The second kappa shape index (κ2) is 10.7. The lowest BCUT2D eigenvalue weighted by molar-refractivity contribution is -0.154. The quantitative estimate of drug-likeness (QED) is 0.478. The Hall–Kier alpha value is -3.28. The Morgan fingerprint density at radius 3 is 2.33 bits per heavy atom. The van der Waals surface area contributed by atoms with Crippen LogP contribution in [0.1, 0.15) is 59.1 Å². The van der Waals surface area contributed by atoms with Gasteiger partial charge in [0.05, 0.1) is 29.1 Å². The maximum Gasteiger partial charge on any atom is 0.416 e. The Morgan fingerprint density at radius 2 is 1.74 bits per heavy atom. The van der Waals surface area contributed by atoms with Crippen LogP contribution in [0.25, 0.3) is 0 Å². The zero-order chi connectivity index (χ0) is 29.4. The number of alkyl halides is 3. The van der Waals surface area contributed by atoms with Crippen LogP contribution >= 0.6 is 0 Å². The minimum Gasteiger partial charge on any atom is -0.486 e. The van der Waals surface area contributed by atoms with Gasteiger partial charge in [-0.15, -0.1) is 0 Å². The normalized spacial score (nSPS) is 16.2. The fourth-order valence-corrected chi connectivity index (χ4v) is 5.95. The lowest BCUT2D eigenvalue weighted by atomic mass is 9.95. The molecule has 0 saturated heterocycles. The number of benzene rings is 2. The monoisotopic (exact) mass is 570 g/mol. The van der Waals surface area contributed by atoms with Crippen LogP contribution in [-0.2, 0) is 36.9 Å². The predicted octanol–water partition coefficient (Wildman–Crippen LogP) is 4.85. The number of nitrogens with zero attached hydrogens (tertiary/aromatic N) is 1. The molecule has 1 aliphatic rings. The highest BCUT2D eigenvalue weighted by Gasteiger charge is 2.39. The molecule has 1 atom stereocenters. The standard InChI is InChI=1S/C27H33F3N2O6S/c1-17(33)31-26(5,6)15-20-16-32(39(35,36)21-9-7-8-19(14-21)27(28,29)30)22-12-18(10-11-23(22)37-20)13-24(34)38-25(2,3)4/h7-12,14,20H,13,15-16H2,1-6H3,(H,31,33)/t20-/m0/s1. The molecule has 3 rings (SSSR count). The lowest BCUT2D eigenvalue weighted by Crippen LogP contribution is -2.50. The molecule has 1 aliphatic heterocycles. The van der Waals surface area contributed by atoms with Gasteiger partial charge in [0.1, 0.15) is 17.5 Å². The van der Waals surface area contributed by atoms with Crippen LogP contribution in [0, 0.1) is 0 Å². The Kier molecular flexibility index (Phi) is 8.31.